The van der Waals surface area contributed by atoms with Gasteiger partial charge in [0.2, 0.25) is 0 Å². The highest BCUT2D eigenvalue weighted by atomic mass is 32.1. The molecule has 25 heavy (non-hydrogen) atoms. The monoisotopic (exact) mass is 354 g/mol. The Bertz CT molecular complexity index is 966. The molecule has 3 heterocycles. The van der Waals surface area contributed by atoms with Crippen molar-refractivity contribution in [1.29, 1.82) is 0 Å². The molecule has 7 heteroatoms. The molecule has 1 amide bonds. The topological polar surface area (TPSA) is 80.7 Å². The van der Waals surface area contributed by atoms with Gasteiger partial charge in [0.15, 0.2) is 4.96 Å². The van der Waals surface area contributed by atoms with Gasteiger partial charge in [-0.2, -0.15) is 0 Å². The summed E-state index contributed by atoms with van der Waals surface area (Å²) in [5, 5.41) is 1.78. The minimum atomic E-state index is -0.316. The number of rotatable bonds is 3. The van der Waals surface area contributed by atoms with E-state index in [4.69, 9.17) is 5.73 Å². The number of hydrogen-bond acceptors (Lipinski definition) is 5. The van der Waals surface area contributed by atoms with E-state index in [9.17, 15) is 9.59 Å². The molecule has 1 aliphatic heterocycles. The van der Waals surface area contributed by atoms with Crippen LogP contribution in [0.2, 0.25) is 0 Å². The van der Waals surface area contributed by atoms with E-state index >= 15 is 0 Å². The van der Waals surface area contributed by atoms with Gasteiger partial charge in [-0.15, -0.1) is 11.3 Å². The van der Waals surface area contributed by atoms with Crippen LogP contribution in [0.3, 0.4) is 0 Å². The molecule has 128 valence electrons. The molecule has 0 radical (unpaired) electrons. The number of nitrogens with two attached hydrogens (primary N) is 1. The number of thiazole rings is 1. The number of likely N-dealkylation sites (tertiary alicyclic amines) is 1. The van der Waals surface area contributed by atoms with E-state index in [1.54, 1.807) is 16.5 Å². The largest absolute Gasteiger partial charge is 0.337 e. The van der Waals surface area contributed by atoms with Gasteiger partial charge in [0.25, 0.3) is 11.5 Å². The van der Waals surface area contributed by atoms with Crippen LogP contribution >= 0.6 is 11.3 Å². The van der Waals surface area contributed by atoms with Gasteiger partial charge in [0, 0.05) is 36.8 Å². The fraction of sp³-hybridized carbons (Fsp3) is 0.278. The molecule has 1 aliphatic rings. The van der Waals surface area contributed by atoms with E-state index in [0.717, 1.165) is 0 Å². The highest BCUT2D eigenvalue weighted by molar-refractivity contribution is 7.15. The Balaban J connectivity index is 1.64. The second-order valence-electron chi connectivity index (χ2n) is 6.26. The Morgan fingerprint density at radius 3 is 2.84 bits per heavy atom. The minimum Gasteiger partial charge on any atom is -0.337 e. The molecule has 3 aromatic rings. The lowest BCUT2D eigenvalue weighted by atomic mass is 9.89. The quantitative estimate of drug-likeness (QED) is 0.774. The number of carbonyl (C=O) groups excluding carboxylic acids is 1. The van der Waals surface area contributed by atoms with Crippen LogP contribution in [0.15, 0.2) is 52.9 Å². The summed E-state index contributed by atoms with van der Waals surface area (Å²) in [4.78, 5) is 32.0. The zero-order valence-electron chi connectivity index (χ0n) is 13.5. The first-order valence-electron chi connectivity index (χ1n) is 8.18. The van der Waals surface area contributed by atoms with E-state index in [1.807, 2.05) is 18.2 Å². The highest BCUT2D eigenvalue weighted by Crippen LogP contribution is 2.32. The predicted molar refractivity (Wildman–Crippen MR) is 97.0 cm³/mol. The minimum absolute atomic E-state index is 0.111. The Labute approximate surface area is 148 Å². The molecule has 0 spiro atoms. The molecule has 0 saturated carbocycles. The molecular formula is C18H18N4O2S. The van der Waals surface area contributed by atoms with Crippen molar-refractivity contribution in [2.24, 2.45) is 11.7 Å². The average Bonchev–Trinajstić information content (AvgIpc) is 3.29. The first kappa shape index (κ1) is 16.0. The maximum atomic E-state index is 12.9. The van der Waals surface area contributed by atoms with Crippen molar-refractivity contribution in [1.82, 2.24) is 14.3 Å². The third-order valence-corrected chi connectivity index (χ3v) is 5.60. The maximum Gasteiger partial charge on any atom is 0.271 e. The highest BCUT2D eigenvalue weighted by Gasteiger charge is 2.36. The molecular weight excluding hydrogens is 336 g/mol. The van der Waals surface area contributed by atoms with Crippen LogP contribution in [0.5, 0.6) is 0 Å². The van der Waals surface area contributed by atoms with Gasteiger partial charge in [0.05, 0.1) is 0 Å². The second-order valence-corrected chi connectivity index (χ2v) is 7.13. The maximum absolute atomic E-state index is 12.9. The standard InChI is InChI=1S/C18H18N4O2S/c19-8-13-10-21(11-15(13)12-4-2-1-3-5-12)16(23)14-9-20-18-22(17(14)24)6-7-25-18/h1-7,9,13,15H,8,10-11,19H2/t13-,15+/m1/s1. The summed E-state index contributed by atoms with van der Waals surface area (Å²) in [5.41, 5.74) is 6.91. The molecule has 0 aliphatic carbocycles. The molecule has 1 aromatic carbocycles. The Morgan fingerprint density at radius 1 is 1.28 bits per heavy atom. The summed E-state index contributed by atoms with van der Waals surface area (Å²) in [7, 11) is 0. The summed E-state index contributed by atoms with van der Waals surface area (Å²) in [5.74, 6) is 0.109. The van der Waals surface area contributed by atoms with Gasteiger partial charge in [-0.25, -0.2) is 4.98 Å². The van der Waals surface area contributed by atoms with Gasteiger partial charge in [-0.3, -0.25) is 14.0 Å². The van der Waals surface area contributed by atoms with Gasteiger partial charge in [-0.05, 0) is 18.0 Å². The lowest BCUT2D eigenvalue weighted by Crippen LogP contribution is -2.34. The summed E-state index contributed by atoms with van der Waals surface area (Å²) in [6, 6.07) is 10.1. The van der Waals surface area contributed by atoms with Gasteiger partial charge in [-0.1, -0.05) is 30.3 Å². The summed E-state index contributed by atoms with van der Waals surface area (Å²) >= 11 is 1.37. The SMILES string of the molecule is NC[C@@H]1CN(C(=O)c2cnc3sccn3c2=O)C[C@H]1c1ccccc1. The van der Waals surface area contributed by atoms with Crippen molar-refractivity contribution >= 4 is 22.2 Å². The predicted octanol–water partition coefficient (Wildman–Crippen LogP) is 1.57. The molecule has 1 fully saturated rings. The third-order valence-electron chi connectivity index (χ3n) is 4.83. The lowest BCUT2D eigenvalue weighted by Gasteiger charge is -2.16. The van der Waals surface area contributed by atoms with E-state index in [1.165, 1.54) is 27.5 Å². The zero-order valence-corrected chi connectivity index (χ0v) is 14.4. The number of nitrogens with zero attached hydrogens (tertiary/aromatic N) is 3. The van der Waals surface area contributed by atoms with Crippen LogP contribution in [0.1, 0.15) is 21.8 Å². The summed E-state index contributed by atoms with van der Waals surface area (Å²) in [6.45, 7) is 1.63. The van der Waals surface area contributed by atoms with Crippen molar-refractivity contribution < 1.29 is 4.79 Å². The van der Waals surface area contributed by atoms with E-state index in [-0.39, 0.29) is 28.9 Å². The Kier molecular flexibility index (Phi) is 4.10. The van der Waals surface area contributed by atoms with Crippen LogP contribution in [0, 0.1) is 5.92 Å². The van der Waals surface area contributed by atoms with Crippen LogP contribution in [0.25, 0.3) is 4.96 Å². The van der Waals surface area contributed by atoms with Crippen LogP contribution < -0.4 is 11.3 Å². The zero-order chi connectivity index (χ0) is 17.4. The van der Waals surface area contributed by atoms with Crippen molar-refractivity contribution in [2.45, 2.75) is 5.92 Å². The molecule has 2 atom stereocenters. The van der Waals surface area contributed by atoms with Gasteiger partial charge >= 0.3 is 0 Å². The Morgan fingerprint density at radius 2 is 2.08 bits per heavy atom. The number of hydrogen-bond donors (Lipinski definition) is 1. The smallest absolute Gasteiger partial charge is 0.271 e. The van der Waals surface area contributed by atoms with E-state index < -0.39 is 0 Å². The second kappa shape index (κ2) is 6.42. The molecule has 2 aromatic heterocycles. The normalized spacial score (nSPS) is 20.3. The van der Waals surface area contributed by atoms with Gasteiger partial charge in [0.1, 0.15) is 5.56 Å². The summed E-state index contributed by atoms with van der Waals surface area (Å²) < 4.78 is 1.42. The van der Waals surface area contributed by atoms with Crippen LogP contribution in [0.4, 0.5) is 0 Å². The van der Waals surface area contributed by atoms with E-state index in [0.29, 0.717) is 24.6 Å². The van der Waals surface area contributed by atoms with E-state index in [2.05, 4.69) is 17.1 Å². The van der Waals surface area contributed by atoms with Crippen molar-refractivity contribution in [3.8, 4) is 0 Å². The van der Waals surface area contributed by atoms with Crippen LogP contribution in [-0.4, -0.2) is 39.8 Å². The lowest BCUT2D eigenvalue weighted by molar-refractivity contribution is 0.0784. The number of fused-ring (bicyclic) bond motifs is 1. The molecule has 0 bridgehead atoms. The first-order chi connectivity index (χ1) is 12.2. The van der Waals surface area contributed by atoms with Crippen molar-refractivity contribution in [3.63, 3.8) is 0 Å². The van der Waals surface area contributed by atoms with Crippen LogP contribution in [-0.2, 0) is 0 Å². The first-order valence-corrected chi connectivity index (χ1v) is 9.06. The molecule has 0 unspecified atom stereocenters. The van der Waals surface area contributed by atoms with Crippen molar-refractivity contribution in [3.05, 3.63) is 69.6 Å². The molecule has 6 nitrogen and oxygen atoms in total. The third kappa shape index (κ3) is 2.75. The molecule has 1 saturated heterocycles. The fourth-order valence-corrected chi connectivity index (χ4v) is 4.17. The number of benzene rings is 1. The number of amides is 1. The number of aromatic nitrogens is 2. The average molecular weight is 354 g/mol. The molecule has 4 rings (SSSR count). The summed E-state index contributed by atoms with van der Waals surface area (Å²) in [6.07, 6.45) is 3.04. The Hall–Kier alpha value is -2.51. The molecule has 2 N–H and O–H groups in total. The van der Waals surface area contributed by atoms with Gasteiger partial charge < -0.3 is 10.6 Å². The number of carbonyl (C=O) groups is 1. The fourth-order valence-electron chi connectivity index (χ4n) is 3.50. The van der Waals surface area contributed by atoms with Crippen molar-refractivity contribution in [2.75, 3.05) is 19.6 Å².